The lowest BCUT2D eigenvalue weighted by Crippen LogP contribution is -2.39. The van der Waals surface area contributed by atoms with Crippen LogP contribution in [0.25, 0.3) is 6.08 Å². The molecule has 0 radical (unpaired) electrons. The molecule has 0 heterocycles. The first kappa shape index (κ1) is 22.0. The Labute approximate surface area is 179 Å². The van der Waals surface area contributed by atoms with Crippen LogP contribution < -0.4 is 5.32 Å². The molecule has 0 saturated carbocycles. The molecule has 0 amide bonds. The van der Waals surface area contributed by atoms with Crippen molar-refractivity contribution in [2.45, 2.75) is 17.8 Å². The Hall–Kier alpha value is -2.73. The Morgan fingerprint density at radius 1 is 0.900 bits per heavy atom. The van der Waals surface area contributed by atoms with Gasteiger partial charge in [-0.25, -0.2) is 8.42 Å². The second kappa shape index (κ2) is 9.85. The highest BCUT2D eigenvalue weighted by Crippen LogP contribution is 2.35. The second-order valence-electron chi connectivity index (χ2n) is 7.25. The summed E-state index contributed by atoms with van der Waals surface area (Å²) in [6.45, 7) is 3.74. The van der Waals surface area contributed by atoms with Crippen LogP contribution in [-0.2, 0) is 15.8 Å². The highest BCUT2D eigenvalue weighted by atomic mass is 32.2. The quantitative estimate of drug-likeness (QED) is 0.541. The molecular formula is C25H28N2O2S. The van der Waals surface area contributed by atoms with Crippen molar-refractivity contribution in [3.63, 3.8) is 0 Å². The van der Waals surface area contributed by atoms with Gasteiger partial charge in [0.1, 0.15) is 0 Å². The van der Waals surface area contributed by atoms with Gasteiger partial charge < -0.3 is 5.32 Å². The summed E-state index contributed by atoms with van der Waals surface area (Å²) in [5.74, 6) is -0.0600. The molecule has 3 aromatic rings. The van der Waals surface area contributed by atoms with Crippen LogP contribution in [0, 0.1) is 0 Å². The molecule has 1 N–H and O–H groups in total. The molecule has 3 aromatic carbocycles. The number of likely N-dealkylation sites (N-methyl/N-ethyl adjacent to an activating group) is 2. The lowest BCUT2D eigenvalue weighted by molar-refractivity contribution is 0.301. The van der Waals surface area contributed by atoms with Crippen molar-refractivity contribution < 1.29 is 8.42 Å². The fraction of sp³-hybridized carbons (Fsp3) is 0.200. The van der Waals surface area contributed by atoms with Crippen LogP contribution in [0.1, 0.15) is 34.3 Å². The zero-order valence-corrected chi connectivity index (χ0v) is 18.2. The molecule has 5 heteroatoms. The number of rotatable bonds is 9. The lowest BCUT2D eigenvalue weighted by atomic mass is 9.93. The normalized spacial score (nSPS) is 13.7. The van der Waals surface area contributed by atoms with Crippen molar-refractivity contribution in [3.8, 4) is 0 Å². The topological polar surface area (TPSA) is 49.4 Å². The average molecular weight is 421 g/mol. The summed E-state index contributed by atoms with van der Waals surface area (Å²) in [5.41, 5.74) is 3.69. The number of hydrogen-bond donors (Lipinski definition) is 1. The summed E-state index contributed by atoms with van der Waals surface area (Å²) >= 11 is 0. The van der Waals surface area contributed by atoms with Gasteiger partial charge in [0.15, 0.2) is 0 Å². The molecular weight excluding hydrogens is 392 g/mol. The van der Waals surface area contributed by atoms with Crippen LogP contribution in [0.2, 0.25) is 0 Å². The highest BCUT2D eigenvalue weighted by molar-refractivity contribution is 7.88. The number of hydrogen-bond acceptors (Lipinski definition) is 3. The first-order valence-corrected chi connectivity index (χ1v) is 11.5. The largest absolute Gasteiger partial charge is 0.311 e. The van der Waals surface area contributed by atoms with Gasteiger partial charge in [0, 0.05) is 7.05 Å². The number of benzene rings is 3. The van der Waals surface area contributed by atoms with E-state index in [1.165, 1.54) is 4.31 Å². The molecule has 0 aliphatic heterocycles. The van der Waals surface area contributed by atoms with Crippen molar-refractivity contribution in [1.29, 1.82) is 0 Å². The predicted molar refractivity (Wildman–Crippen MR) is 124 cm³/mol. The summed E-state index contributed by atoms with van der Waals surface area (Å²) in [4.78, 5) is 0. The highest BCUT2D eigenvalue weighted by Gasteiger charge is 2.34. The summed E-state index contributed by atoms with van der Waals surface area (Å²) in [6, 6.07) is 26.6. The van der Waals surface area contributed by atoms with Crippen molar-refractivity contribution in [2.24, 2.45) is 0 Å². The monoisotopic (exact) mass is 420 g/mol. The van der Waals surface area contributed by atoms with E-state index in [1.807, 2.05) is 92.0 Å². The van der Waals surface area contributed by atoms with E-state index in [0.29, 0.717) is 0 Å². The van der Waals surface area contributed by atoms with Gasteiger partial charge in [0.25, 0.3) is 0 Å². The molecule has 2 unspecified atom stereocenters. The van der Waals surface area contributed by atoms with Crippen molar-refractivity contribution >= 4 is 16.1 Å². The molecule has 4 nitrogen and oxygen atoms in total. The first-order valence-electron chi connectivity index (χ1n) is 9.90. The number of nitrogens with one attached hydrogen (secondary N) is 1. The molecule has 0 spiro atoms. The van der Waals surface area contributed by atoms with Gasteiger partial charge in [-0.05, 0) is 29.3 Å². The number of sulfonamides is 1. The van der Waals surface area contributed by atoms with Crippen LogP contribution in [0.4, 0.5) is 0 Å². The number of nitrogens with zero attached hydrogens (tertiary/aromatic N) is 1. The van der Waals surface area contributed by atoms with E-state index in [2.05, 4.69) is 11.9 Å². The smallest absolute Gasteiger partial charge is 0.218 e. The molecule has 30 heavy (non-hydrogen) atoms. The molecule has 0 bridgehead atoms. The molecule has 0 saturated heterocycles. The Kier molecular flexibility index (Phi) is 7.21. The Balaban J connectivity index is 1.98. The lowest BCUT2D eigenvalue weighted by Gasteiger charge is -2.34. The first-order chi connectivity index (χ1) is 14.5. The molecule has 3 rings (SSSR count). The van der Waals surface area contributed by atoms with Crippen LogP contribution in [0.3, 0.4) is 0 Å². The maximum Gasteiger partial charge on any atom is 0.218 e. The van der Waals surface area contributed by atoms with Gasteiger partial charge in [-0.1, -0.05) is 97.6 Å². The predicted octanol–water partition coefficient (Wildman–Crippen LogP) is 4.79. The van der Waals surface area contributed by atoms with Gasteiger partial charge in [-0.2, -0.15) is 4.31 Å². The van der Waals surface area contributed by atoms with E-state index in [-0.39, 0.29) is 11.8 Å². The Morgan fingerprint density at radius 3 is 1.93 bits per heavy atom. The van der Waals surface area contributed by atoms with Gasteiger partial charge in [-0.15, -0.1) is 0 Å². The molecule has 0 aliphatic rings. The van der Waals surface area contributed by atoms with E-state index in [4.69, 9.17) is 0 Å². The maximum absolute atomic E-state index is 13.4. The third-order valence-electron chi connectivity index (χ3n) is 5.32. The van der Waals surface area contributed by atoms with Crippen LogP contribution in [0.15, 0.2) is 91.5 Å². The third-order valence-corrected chi connectivity index (χ3v) is 7.12. The average Bonchev–Trinajstić information content (AvgIpc) is 2.78. The maximum atomic E-state index is 13.4. The van der Waals surface area contributed by atoms with E-state index >= 15 is 0 Å². The summed E-state index contributed by atoms with van der Waals surface area (Å²) in [6.07, 6.45) is 1.74. The molecule has 0 fully saturated rings. The van der Waals surface area contributed by atoms with Gasteiger partial charge in [0.05, 0.1) is 17.8 Å². The SMILES string of the molecule is C=Cc1ccc(CS(=O)(=O)N(C)C(c2ccccc2)C(NC)c2ccccc2)cc1. The van der Waals surface area contributed by atoms with Crippen LogP contribution >= 0.6 is 0 Å². The summed E-state index contributed by atoms with van der Waals surface area (Å²) in [7, 11) is -0.0476. The molecule has 156 valence electrons. The van der Waals surface area contributed by atoms with Gasteiger partial charge in [0.2, 0.25) is 10.0 Å². The second-order valence-corrected chi connectivity index (χ2v) is 9.28. The zero-order chi connectivity index (χ0) is 21.6. The van der Waals surface area contributed by atoms with Crippen molar-refractivity contribution in [2.75, 3.05) is 14.1 Å². The fourth-order valence-electron chi connectivity index (χ4n) is 3.67. The standard InChI is InChI=1S/C25H28N2O2S/c1-4-20-15-17-21(18-16-20)19-30(28,29)27(3)25(23-13-9-6-10-14-23)24(26-2)22-11-7-5-8-12-22/h4-18,24-26H,1,19H2,2-3H3. The molecule has 0 aromatic heterocycles. The third kappa shape index (κ3) is 5.05. The van der Waals surface area contributed by atoms with Crippen LogP contribution in [0.5, 0.6) is 0 Å². The summed E-state index contributed by atoms with van der Waals surface area (Å²) < 4.78 is 28.3. The van der Waals surface area contributed by atoms with E-state index in [0.717, 1.165) is 22.3 Å². The fourth-order valence-corrected chi connectivity index (χ4v) is 5.07. The summed E-state index contributed by atoms with van der Waals surface area (Å²) in [5, 5.41) is 3.33. The van der Waals surface area contributed by atoms with Crippen molar-refractivity contribution in [3.05, 3.63) is 114 Å². The van der Waals surface area contributed by atoms with E-state index in [1.54, 1.807) is 13.1 Å². The van der Waals surface area contributed by atoms with Gasteiger partial charge in [-0.3, -0.25) is 0 Å². The van der Waals surface area contributed by atoms with E-state index in [9.17, 15) is 8.42 Å². The van der Waals surface area contributed by atoms with E-state index < -0.39 is 16.1 Å². The van der Waals surface area contributed by atoms with Gasteiger partial charge >= 0.3 is 0 Å². The Bertz CT molecular complexity index is 1050. The van der Waals surface area contributed by atoms with Crippen molar-refractivity contribution in [1.82, 2.24) is 9.62 Å². The zero-order valence-electron chi connectivity index (χ0n) is 17.4. The van der Waals surface area contributed by atoms with Crippen LogP contribution in [-0.4, -0.2) is 26.8 Å². The Morgan fingerprint density at radius 2 is 1.43 bits per heavy atom. The minimum absolute atomic E-state index is 0.0600. The minimum atomic E-state index is -3.58. The molecule has 0 aliphatic carbocycles. The minimum Gasteiger partial charge on any atom is -0.311 e. The molecule has 2 atom stereocenters.